The Bertz CT molecular complexity index is 297. The largest absolute Gasteiger partial charge is 0.395 e. The minimum absolute atomic E-state index is 0.124. The molecule has 4 heteroatoms. The summed E-state index contributed by atoms with van der Waals surface area (Å²) in [5.41, 5.74) is 0.706. The molecule has 0 amide bonds. The van der Waals surface area contributed by atoms with E-state index in [4.69, 9.17) is 0 Å². The summed E-state index contributed by atoms with van der Waals surface area (Å²) in [7, 11) is 1.55. The van der Waals surface area contributed by atoms with Gasteiger partial charge in [-0.3, -0.25) is 4.79 Å². The summed E-state index contributed by atoms with van der Waals surface area (Å²) in [5.74, 6) is -0.911. The van der Waals surface area contributed by atoms with Crippen molar-refractivity contribution in [2.45, 2.75) is 0 Å². The van der Waals surface area contributed by atoms with Crippen molar-refractivity contribution in [3.8, 4) is 0 Å². The van der Waals surface area contributed by atoms with Crippen LogP contribution in [0.4, 0.5) is 5.69 Å². The number of aldehydes is 1. The van der Waals surface area contributed by atoms with Crippen LogP contribution in [0.25, 0.3) is 0 Å². The monoisotopic (exact) mass is 179 g/mol. The lowest BCUT2D eigenvalue weighted by Crippen LogP contribution is -2.22. The second kappa shape index (κ2) is 4.25. The van der Waals surface area contributed by atoms with E-state index in [1.807, 2.05) is 6.07 Å². The molecule has 1 rings (SSSR count). The lowest BCUT2D eigenvalue weighted by atomic mass is 10.3. The summed E-state index contributed by atoms with van der Waals surface area (Å²) in [5, 5.41) is 1.23. The number of hydrogen-bond acceptors (Lipinski definition) is 4. The van der Waals surface area contributed by atoms with Crippen LogP contribution in [-0.2, 0) is 14.4 Å². The molecule has 0 aromatic heterocycles. The fourth-order valence-electron chi connectivity index (χ4n) is 0.847. The van der Waals surface area contributed by atoms with Crippen molar-refractivity contribution >= 4 is 17.9 Å². The molecule has 0 radical (unpaired) electrons. The predicted molar refractivity (Wildman–Crippen MR) is 47.0 cm³/mol. The quantitative estimate of drug-likeness (QED) is 0.391. The van der Waals surface area contributed by atoms with Gasteiger partial charge in [-0.05, 0) is 12.1 Å². The molecule has 0 fully saturated rings. The summed E-state index contributed by atoms with van der Waals surface area (Å²) in [6.45, 7) is 0. The van der Waals surface area contributed by atoms with Crippen LogP contribution in [0.1, 0.15) is 0 Å². The van der Waals surface area contributed by atoms with Gasteiger partial charge in [0.2, 0.25) is 6.29 Å². The lowest BCUT2D eigenvalue weighted by molar-refractivity contribution is -0.149. The Labute approximate surface area is 75.7 Å². The minimum Gasteiger partial charge on any atom is -0.333 e. The molecule has 0 atom stereocenters. The van der Waals surface area contributed by atoms with Gasteiger partial charge in [0.15, 0.2) is 0 Å². The van der Waals surface area contributed by atoms with Crippen molar-refractivity contribution < 1.29 is 14.4 Å². The molecule has 0 aliphatic heterocycles. The first-order valence-electron chi connectivity index (χ1n) is 3.70. The van der Waals surface area contributed by atoms with Crippen molar-refractivity contribution in [3.05, 3.63) is 30.3 Å². The van der Waals surface area contributed by atoms with Gasteiger partial charge >= 0.3 is 5.97 Å². The highest BCUT2D eigenvalue weighted by Crippen LogP contribution is 2.10. The number of hydrogen-bond donors (Lipinski definition) is 0. The topological polar surface area (TPSA) is 46.6 Å². The van der Waals surface area contributed by atoms with Crippen LogP contribution < -0.4 is 5.06 Å². The molecule has 0 bridgehead atoms. The Morgan fingerprint density at radius 3 is 2.54 bits per heavy atom. The number of anilines is 1. The van der Waals surface area contributed by atoms with Gasteiger partial charge in [-0.2, -0.15) is 0 Å². The summed E-state index contributed by atoms with van der Waals surface area (Å²) in [6, 6.07) is 8.98. The van der Waals surface area contributed by atoms with Crippen molar-refractivity contribution in [3.63, 3.8) is 0 Å². The van der Waals surface area contributed by atoms with Gasteiger partial charge in [-0.25, -0.2) is 9.86 Å². The van der Waals surface area contributed by atoms with Crippen LogP contribution in [0.2, 0.25) is 0 Å². The zero-order chi connectivity index (χ0) is 9.68. The van der Waals surface area contributed by atoms with Crippen LogP contribution in [0, 0.1) is 0 Å². The average molecular weight is 179 g/mol. The SMILES string of the molecule is CN(OC(=O)C=O)c1ccccc1. The van der Waals surface area contributed by atoms with E-state index in [-0.39, 0.29) is 6.29 Å². The Hall–Kier alpha value is -1.84. The Kier molecular flexibility index (Phi) is 3.03. The number of hydroxylamine groups is 1. The van der Waals surface area contributed by atoms with E-state index in [1.54, 1.807) is 31.3 Å². The molecule has 0 spiro atoms. The standard InChI is InChI=1S/C9H9NO3/c1-10(13-9(12)7-11)8-5-3-2-4-6-8/h2-7H,1H3. The van der Waals surface area contributed by atoms with E-state index in [2.05, 4.69) is 4.84 Å². The molecule has 0 heterocycles. The molecule has 1 aromatic carbocycles. The van der Waals surface area contributed by atoms with Gasteiger partial charge in [0.25, 0.3) is 0 Å². The number of para-hydroxylation sites is 1. The number of carbonyl (C=O) groups excluding carboxylic acids is 2. The van der Waals surface area contributed by atoms with Crippen molar-refractivity contribution in [2.75, 3.05) is 12.1 Å². The first-order chi connectivity index (χ1) is 6.24. The Balaban J connectivity index is 2.63. The average Bonchev–Trinajstić information content (AvgIpc) is 2.19. The van der Waals surface area contributed by atoms with E-state index < -0.39 is 5.97 Å². The highest BCUT2D eigenvalue weighted by Gasteiger charge is 2.05. The van der Waals surface area contributed by atoms with E-state index in [0.29, 0.717) is 5.69 Å². The molecule has 0 saturated heterocycles. The molecule has 0 saturated carbocycles. The first-order valence-corrected chi connectivity index (χ1v) is 3.70. The lowest BCUT2D eigenvalue weighted by Gasteiger charge is -2.15. The highest BCUT2D eigenvalue weighted by molar-refractivity contribution is 6.20. The second-order valence-corrected chi connectivity index (χ2v) is 2.36. The third kappa shape index (κ3) is 2.59. The molecule has 0 aliphatic carbocycles. The van der Waals surface area contributed by atoms with Crippen LogP contribution in [0.3, 0.4) is 0 Å². The van der Waals surface area contributed by atoms with Crippen molar-refractivity contribution in [1.29, 1.82) is 0 Å². The smallest absolute Gasteiger partial charge is 0.333 e. The van der Waals surface area contributed by atoms with Gasteiger partial charge in [0, 0.05) is 7.05 Å². The van der Waals surface area contributed by atoms with E-state index >= 15 is 0 Å². The van der Waals surface area contributed by atoms with Crippen LogP contribution in [0.5, 0.6) is 0 Å². The zero-order valence-electron chi connectivity index (χ0n) is 7.14. The number of benzene rings is 1. The normalized spacial score (nSPS) is 9.00. The third-order valence-corrected chi connectivity index (χ3v) is 1.44. The van der Waals surface area contributed by atoms with Gasteiger partial charge in [0.1, 0.15) is 0 Å². The van der Waals surface area contributed by atoms with Crippen LogP contribution in [0.15, 0.2) is 30.3 Å². The maximum absolute atomic E-state index is 10.6. The summed E-state index contributed by atoms with van der Waals surface area (Å²) < 4.78 is 0. The van der Waals surface area contributed by atoms with E-state index in [9.17, 15) is 9.59 Å². The number of carbonyl (C=O) groups is 2. The Morgan fingerprint density at radius 2 is 2.00 bits per heavy atom. The Morgan fingerprint density at radius 1 is 1.38 bits per heavy atom. The fraction of sp³-hybridized carbons (Fsp3) is 0.111. The molecular formula is C9H9NO3. The number of nitrogens with zero attached hydrogens (tertiary/aromatic N) is 1. The molecular weight excluding hydrogens is 170 g/mol. The van der Waals surface area contributed by atoms with Gasteiger partial charge in [-0.1, -0.05) is 18.2 Å². The molecule has 4 nitrogen and oxygen atoms in total. The highest BCUT2D eigenvalue weighted by atomic mass is 16.7. The van der Waals surface area contributed by atoms with E-state index in [1.165, 1.54) is 5.06 Å². The molecule has 0 N–H and O–H groups in total. The zero-order valence-corrected chi connectivity index (χ0v) is 7.14. The molecule has 1 aromatic rings. The third-order valence-electron chi connectivity index (χ3n) is 1.44. The summed E-state index contributed by atoms with van der Waals surface area (Å²) in [4.78, 5) is 25.1. The minimum atomic E-state index is -0.911. The molecule has 0 unspecified atom stereocenters. The van der Waals surface area contributed by atoms with Gasteiger partial charge in [0.05, 0.1) is 5.69 Å². The maximum Gasteiger partial charge on any atom is 0.395 e. The fourth-order valence-corrected chi connectivity index (χ4v) is 0.847. The van der Waals surface area contributed by atoms with Gasteiger partial charge < -0.3 is 4.84 Å². The molecule has 13 heavy (non-hydrogen) atoms. The maximum atomic E-state index is 10.6. The van der Waals surface area contributed by atoms with Crippen LogP contribution in [-0.4, -0.2) is 19.3 Å². The molecule has 0 aliphatic rings. The summed E-state index contributed by atoms with van der Waals surface area (Å²) in [6.07, 6.45) is 0.124. The van der Waals surface area contributed by atoms with Crippen LogP contribution >= 0.6 is 0 Å². The first kappa shape index (κ1) is 9.25. The molecule has 68 valence electrons. The van der Waals surface area contributed by atoms with Gasteiger partial charge in [-0.15, -0.1) is 0 Å². The van der Waals surface area contributed by atoms with E-state index in [0.717, 1.165) is 0 Å². The summed E-state index contributed by atoms with van der Waals surface area (Å²) >= 11 is 0. The number of rotatable bonds is 3. The second-order valence-electron chi connectivity index (χ2n) is 2.36. The van der Waals surface area contributed by atoms with Crippen molar-refractivity contribution in [1.82, 2.24) is 0 Å². The van der Waals surface area contributed by atoms with Crippen molar-refractivity contribution in [2.24, 2.45) is 0 Å². The predicted octanol–water partition coefficient (Wildman–Crippen LogP) is 0.780.